The fraction of sp³-hybridized carbons (Fsp3) is 0.556. The number of nitrogen functional groups attached to an aromatic ring is 1. The number of nitrogens with zero attached hydrogens (tertiary/aromatic N) is 4. The van der Waals surface area contributed by atoms with E-state index in [9.17, 15) is 22.4 Å². The first-order valence-corrected chi connectivity index (χ1v) is 15.8. The number of pyridine rings is 2. The van der Waals surface area contributed by atoms with E-state index in [4.69, 9.17) is 10.5 Å². The third-order valence-electron chi connectivity index (χ3n) is 7.33. The molecule has 3 aromatic rings. The number of anilines is 2. The molecular weight excluding hydrogens is 594 g/mol. The van der Waals surface area contributed by atoms with Gasteiger partial charge in [0, 0.05) is 19.1 Å². The third-order valence-corrected chi connectivity index (χ3v) is 8.58. The highest BCUT2D eigenvalue weighted by Crippen LogP contribution is 2.40. The number of hydrogen-bond acceptors (Lipinski definition) is 9. The predicted molar refractivity (Wildman–Crippen MR) is 158 cm³/mol. The van der Waals surface area contributed by atoms with E-state index < -0.39 is 54.4 Å². The van der Waals surface area contributed by atoms with E-state index >= 15 is 4.39 Å². The van der Waals surface area contributed by atoms with Crippen LogP contribution in [0.4, 0.5) is 33.6 Å². The average molecular weight is 631 g/mol. The number of alkyl halides is 4. The molecule has 3 aromatic heterocycles. The maximum atomic E-state index is 15.6. The molecule has 0 aliphatic carbocycles. The lowest BCUT2D eigenvalue weighted by Crippen LogP contribution is -2.22. The summed E-state index contributed by atoms with van der Waals surface area (Å²) in [5, 5.41) is 6.00. The SMILES string of the molecule is CCCCNP(C)Nc1nc(OC)nc2c(F)c(-c3nc(N)cc(C)c3C(F)(F)F)[nH]c(=O)c12.FC1CC2CCCN2C1. The second kappa shape index (κ2) is 13.6. The highest BCUT2D eigenvalue weighted by Gasteiger charge is 2.38. The fourth-order valence-electron chi connectivity index (χ4n) is 5.38. The lowest BCUT2D eigenvalue weighted by atomic mass is 10.0. The molecule has 0 bridgehead atoms. The molecule has 2 saturated heterocycles. The summed E-state index contributed by atoms with van der Waals surface area (Å²) in [6.07, 6.45) is -0.162. The second-order valence-electron chi connectivity index (χ2n) is 10.6. The maximum Gasteiger partial charge on any atom is 0.418 e. The first kappa shape index (κ1) is 32.7. The molecule has 0 saturated carbocycles. The molecule has 2 fully saturated rings. The zero-order valence-electron chi connectivity index (χ0n) is 24.4. The largest absolute Gasteiger partial charge is 0.467 e. The number of aromatic amines is 1. The van der Waals surface area contributed by atoms with E-state index in [0.29, 0.717) is 19.1 Å². The van der Waals surface area contributed by atoms with E-state index in [-0.39, 0.29) is 28.6 Å². The number of aromatic nitrogens is 4. The zero-order chi connectivity index (χ0) is 31.5. The Labute approximate surface area is 246 Å². The molecule has 16 heteroatoms. The van der Waals surface area contributed by atoms with E-state index in [1.54, 1.807) is 0 Å². The summed E-state index contributed by atoms with van der Waals surface area (Å²) in [5.74, 6) is -1.50. The lowest BCUT2D eigenvalue weighted by molar-refractivity contribution is -0.137. The monoisotopic (exact) mass is 630 g/mol. The number of nitrogens with one attached hydrogen (secondary N) is 3. The van der Waals surface area contributed by atoms with Gasteiger partial charge in [-0.05, 0) is 57.4 Å². The van der Waals surface area contributed by atoms with Crippen LogP contribution in [-0.4, -0.2) is 70.5 Å². The number of hydrogen-bond donors (Lipinski definition) is 4. The predicted octanol–water partition coefficient (Wildman–Crippen LogP) is 5.37. The number of halogens is 5. The van der Waals surface area contributed by atoms with Crippen LogP contribution in [-0.2, 0) is 6.18 Å². The van der Waals surface area contributed by atoms with Crippen molar-refractivity contribution in [1.82, 2.24) is 29.9 Å². The Morgan fingerprint density at radius 1 is 1.28 bits per heavy atom. The summed E-state index contributed by atoms with van der Waals surface area (Å²) in [6.45, 7) is 7.61. The Kier molecular flexibility index (Phi) is 10.4. The van der Waals surface area contributed by atoms with Crippen molar-refractivity contribution in [3.63, 3.8) is 0 Å². The molecule has 3 unspecified atom stereocenters. The van der Waals surface area contributed by atoms with Gasteiger partial charge in [-0.2, -0.15) is 23.1 Å². The van der Waals surface area contributed by atoms with Gasteiger partial charge in [0.05, 0.1) is 20.9 Å². The van der Waals surface area contributed by atoms with Crippen LogP contribution in [0.1, 0.15) is 50.2 Å². The zero-order valence-corrected chi connectivity index (χ0v) is 25.3. The molecule has 5 heterocycles. The molecule has 236 valence electrons. The average Bonchev–Trinajstić information content (AvgIpc) is 3.50. The maximum absolute atomic E-state index is 15.6. The van der Waals surface area contributed by atoms with E-state index in [0.717, 1.165) is 31.9 Å². The Morgan fingerprint density at radius 3 is 2.67 bits per heavy atom. The Bertz CT molecular complexity index is 1490. The summed E-state index contributed by atoms with van der Waals surface area (Å²) in [6, 6.07) is 1.36. The van der Waals surface area contributed by atoms with Gasteiger partial charge in [0.15, 0.2) is 11.6 Å². The van der Waals surface area contributed by atoms with Crippen molar-refractivity contribution >= 4 is 30.8 Å². The molecule has 2 aliphatic heterocycles. The van der Waals surface area contributed by atoms with E-state index in [1.165, 1.54) is 26.9 Å². The summed E-state index contributed by atoms with van der Waals surface area (Å²) in [7, 11) is 0.185. The van der Waals surface area contributed by atoms with Gasteiger partial charge in [-0.3, -0.25) is 14.8 Å². The molecule has 0 spiro atoms. The van der Waals surface area contributed by atoms with Crippen molar-refractivity contribution in [2.75, 3.05) is 44.2 Å². The van der Waals surface area contributed by atoms with E-state index in [2.05, 4.69) is 35.0 Å². The van der Waals surface area contributed by atoms with Gasteiger partial charge in [-0.1, -0.05) is 13.3 Å². The first-order valence-electron chi connectivity index (χ1n) is 14.0. The number of unbranched alkanes of at least 4 members (excludes halogenated alkanes) is 1. The molecule has 10 nitrogen and oxygen atoms in total. The van der Waals surface area contributed by atoms with Gasteiger partial charge in [0.25, 0.3) is 5.56 Å². The molecule has 0 radical (unpaired) electrons. The van der Waals surface area contributed by atoms with Gasteiger partial charge in [0.2, 0.25) is 0 Å². The molecule has 5 N–H and O–H groups in total. The van der Waals surface area contributed by atoms with Crippen molar-refractivity contribution in [2.45, 2.75) is 64.3 Å². The topological polar surface area (TPSA) is 134 Å². The molecular formula is C27H36F5N8O2P. The summed E-state index contributed by atoms with van der Waals surface area (Å²) >= 11 is 0. The summed E-state index contributed by atoms with van der Waals surface area (Å²) in [5.41, 5.74) is 1.11. The van der Waals surface area contributed by atoms with Crippen molar-refractivity contribution < 1.29 is 26.7 Å². The van der Waals surface area contributed by atoms with Crippen LogP contribution in [0.5, 0.6) is 6.01 Å². The number of H-pyrrole nitrogens is 1. The number of fused-ring (bicyclic) bond motifs is 2. The summed E-state index contributed by atoms with van der Waals surface area (Å²) in [4.78, 5) is 29.1. The van der Waals surface area contributed by atoms with Gasteiger partial charge < -0.3 is 20.5 Å². The quantitative estimate of drug-likeness (QED) is 0.147. The molecule has 0 amide bonds. The van der Waals surface area contributed by atoms with Gasteiger partial charge in [0.1, 0.15) is 34.3 Å². The number of methoxy groups -OCH3 is 1. The molecule has 0 aromatic carbocycles. The van der Waals surface area contributed by atoms with Gasteiger partial charge >= 0.3 is 12.2 Å². The van der Waals surface area contributed by atoms with Crippen LogP contribution in [0, 0.1) is 12.7 Å². The summed E-state index contributed by atoms with van der Waals surface area (Å²) < 4.78 is 74.6. The van der Waals surface area contributed by atoms with Crippen molar-refractivity contribution in [3.8, 4) is 17.4 Å². The van der Waals surface area contributed by atoms with Crippen LogP contribution >= 0.6 is 8.22 Å². The third kappa shape index (κ3) is 7.50. The Balaban J connectivity index is 0.000000395. The molecule has 3 atom stereocenters. The minimum atomic E-state index is -4.88. The van der Waals surface area contributed by atoms with Crippen molar-refractivity contribution in [3.05, 3.63) is 33.4 Å². The van der Waals surface area contributed by atoms with Crippen molar-refractivity contribution in [2.24, 2.45) is 0 Å². The highest BCUT2D eigenvalue weighted by atomic mass is 31.1. The molecule has 5 rings (SSSR count). The van der Waals surface area contributed by atoms with E-state index in [1.807, 2.05) is 13.6 Å². The smallest absolute Gasteiger partial charge is 0.418 e. The first-order chi connectivity index (χ1) is 20.3. The molecule has 43 heavy (non-hydrogen) atoms. The number of aryl methyl sites for hydroxylation is 1. The minimum absolute atomic E-state index is 0.0149. The fourth-order valence-corrected chi connectivity index (χ4v) is 6.44. The van der Waals surface area contributed by atoms with Gasteiger partial charge in [-0.15, -0.1) is 0 Å². The van der Waals surface area contributed by atoms with Crippen LogP contribution in [0.15, 0.2) is 10.9 Å². The van der Waals surface area contributed by atoms with Crippen LogP contribution in [0.3, 0.4) is 0 Å². The lowest BCUT2D eigenvalue weighted by Gasteiger charge is -2.18. The standard InChI is InChI=1S/C20H24F4N7O2P.C7H12FN/c1-5-6-7-26-34(4)31-17-11-14(29-19(30-17)33-3)13(21)16(28-18(11)32)15-12(20(22,23)24)9(2)8-10(25)27-15;8-6-4-7-2-1-3-9(7)5-6/h8,26H,5-7H2,1-4H3,(H2,25,27)(H,28,32)(H,29,30,31);6-7H,1-5H2. The highest BCUT2D eigenvalue weighted by molar-refractivity contribution is 7.56. The van der Waals surface area contributed by atoms with Gasteiger partial charge in [-0.25, -0.2) is 13.8 Å². The molecule has 2 aliphatic rings. The Morgan fingerprint density at radius 2 is 2.02 bits per heavy atom. The number of ether oxygens (including phenoxy) is 1. The minimum Gasteiger partial charge on any atom is -0.467 e. The van der Waals surface area contributed by atoms with Crippen LogP contribution in [0.2, 0.25) is 0 Å². The Hall–Kier alpha value is -3.16. The second-order valence-corrected chi connectivity index (χ2v) is 12.2. The number of nitrogens with two attached hydrogens (primary N) is 1. The van der Waals surface area contributed by atoms with Crippen LogP contribution < -0.4 is 26.2 Å². The number of rotatable bonds is 8. The van der Waals surface area contributed by atoms with Crippen molar-refractivity contribution in [1.29, 1.82) is 0 Å². The normalized spacial score (nSPS) is 19.2. The van der Waals surface area contributed by atoms with Crippen LogP contribution in [0.25, 0.3) is 22.3 Å².